The van der Waals surface area contributed by atoms with Crippen LogP contribution >= 0.6 is 0 Å². The topological polar surface area (TPSA) is 76.2 Å². The second-order valence-corrected chi connectivity index (χ2v) is 3.81. The third kappa shape index (κ3) is 2.28. The summed E-state index contributed by atoms with van der Waals surface area (Å²) in [4.78, 5) is 0. The fourth-order valence-electron chi connectivity index (χ4n) is 1.23. The van der Waals surface area contributed by atoms with Gasteiger partial charge in [0.25, 0.3) is 0 Å². The third-order valence-corrected chi connectivity index (χ3v) is 2.54. The molecular weight excluding hydrogens is 216 g/mol. The number of hydrogen-bond acceptors (Lipinski definition) is 4. The van der Waals surface area contributed by atoms with Gasteiger partial charge in [-0.25, -0.2) is 8.84 Å². The molecule has 1 atom stereocenters. The molecule has 0 saturated heterocycles. The molecule has 0 aliphatic heterocycles. The molecule has 0 aliphatic rings. The van der Waals surface area contributed by atoms with Gasteiger partial charge in [0.2, 0.25) is 16.1 Å². The average molecular weight is 224 g/mol. The van der Waals surface area contributed by atoms with Crippen molar-refractivity contribution in [3.05, 3.63) is 41.6 Å². The molecular formula is C9H8N2O3S. The van der Waals surface area contributed by atoms with Crippen LogP contribution < -0.4 is 0 Å². The summed E-state index contributed by atoms with van der Waals surface area (Å²) in [7, 11) is 0. The fourth-order valence-corrected chi connectivity index (χ4v) is 1.64. The largest absolute Gasteiger partial charge is 0.301 e. The lowest BCUT2D eigenvalue weighted by Crippen LogP contribution is -1.96. The summed E-state index contributed by atoms with van der Waals surface area (Å²) in [6, 6.07) is 9.48. The second kappa shape index (κ2) is 4.33. The van der Waals surface area contributed by atoms with Gasteiger partial charge in [-0.15, -0.1) is 0 Å². The van der Waals surface area contributed by atoms with Gasteiger partial charge in [0.1, 0.15) is 5.69 Å². The van der Waals surface area contributed by atoms with Crippen LogP contribution in [0.1, 0.15) is 11.3 Å². The maximum atomic E-state index is 10.8. The van der Waals surface area contributed by atoms with Crippen LogP contribution in [-0.2, 0) is 17.5 Å². The number of aromatic nitrogens is 2. The first-order chi connectivity index (χ1) is 7.27. The van der Waals surface area contributed by atoms with Gasteiger partial charge in [0.05, 0.1) is 0 Å². The van der Waals surface area contributed by atoms with Crippen LogP contribution in [0.3, 0.4) is 0 Å². The van der Waals surface area contributed by atoms with Crippen molar-refractivity contribution < 1.29 is 13.4 Å². The van der Waals surface area contributed by atoms with Gasteiger partial charge in [-0.1, -0.05) is 35.5 Å². The summed E-state index contributed by atoms with van der Waals surface area (Å²) in [6.45, 7) is 0. The van der Waals surface area contributed by atoms with E-state index < -0.39 is 11.1 Å². The number of rotatable bonds is 3. The quantitative estimate of drug-likeness (QED) is 0.794. The molecule has 1 aromatic heterocycles. The maximum absolute atomic E-state index is 10.8. The van der Waals surface area contributed by atoms with Crippen LogP contribution in [0.15, 0.2) is 40.0 Å². The molecule has 0 spiro atoms. The predicted molar refractivity (Wildman–Crippen MR) is 52.6 cm³/mol. The Kier molecular flexibility index (Phi) is 2.89. The molecule has 0 bridgehead atoms. The Bertz CT molecular complexity index is 469. The van der Waals surface area contributed by atoms with E-state index in [4.69, 9.17) is 4.55 Å². The summed E-state index contributed by atoms with van der Waals surface area (Å²) in [5, 5.41) is 6.95. The van der Waals surface area contributed by atoms with Crippen molar-refractivity contribution in [2.45, 2.75) is 11.4 Å². The molecule has 2 aromatic rings. The molecule has 0 amide bonds. The summed E-state index contributed by atoms with van der Waals surface area (Å²) in [6.07, 6.45) is 0.436. The Hall–Kier alpha value is -1.53. The second-order valence-electron chi connectivity index (χ2n) is 2.93. The van der Waals surface area contributed by atoms with Crippen LogP contribution in [0.2, 0.25) is 0 Å². The van der Waals surface area contributed by atoms with E-state index in [0.29, 0.717) is 12.1 Å². The normalized spacial score (nSPS) is 12.6. The van der Waals surface area contributed by atoms with Gasteiger partial charge in [0, 0.05) is 6.42 Å². The van der Waals surface area contributed by atoms with Crippen molar-refractivity contribution in [2.75, 3.05) is 0 Å². The molecule has 15 heavy (non-hydrogen) atoms. The summed E-state index contributed by atoms with van der Waals surface area (Å²) < 4.78 is 24.1. The van der Waals surface area contributed by atoms with E-state index in [9.17, 15) is 4.21 Å². The van der Waals surface area contributed by atoms with E-state index in [-0.39, 0.29) is 5.03 Å². The van der Waals surface area contributed by atoms with Crippen molar-refractivity contribution in [3.63, 3.8) is 0 Å². The average Bonchev–Trinajstić information content (AvgIpc) is 2.67. The molecule has 0 fully saturated rings. The molecule has 6 heteroatoms. The highest BCUT2D eigenvalue weighted by molar-refractivity contribution is 7.79. The van der Waals surface area contributed by atoms with Crippen LogP contribution in [0, 0.1) is 0 Å². The molecule has 0 radical (unpaired) electrons. The van der Waals surface area contributed by atoms with Crippen LogP contribution in [0.5, 0.6) is 0 Å². The van der Waals surface area contributed by atoms with E-state index in [1.807, 2.05) is 30.3 Å². The number of nitrogens with zero attached hydrogens (tertiary/aromatic N) is 2. The van der Waals surface area contributed by atoms with E-state index in [1.54, 1.807) is 0 Å². The lowest BCUT2D eigenvalue weighted by molar-refractivity contribution is 0.295. The van der Waals surface area contributed by atoms with Gasteiger partial charge in [-0.05, 0) is 10.7 Å². The van der Waals surface area contributed by atoms with Crippen molar-refractivity contribution in [2.24, 2.45) is 0 Å². The Morgan fingerprint density at radius 1 is 1.27 bits per heavy atom. The minimum absolute atomic E-state index is 0.0150. The Labute approximate surface area is 88.4 Å². The smallest absolute Gasteiger partial charge is 0.222 e. The minimum atomic E-state index is -2.15. The lowest BCUT2D eigenvalue weighted by Gasteiger charge is -1.96. The standard InChI is InChI=1S/C9H8N2O3S/c12-15(13)9-8(10-14-11-9)6-7-4-2-1-3-5-7/h1-5H,6H2,(H,12,13). The maximum Gasteiger partial charge on any atom is 0.222 e. The first-order valence-electron chi connectivity index (χ1n) is 4.23. The summed E-state index contributed by atoms with van der Waals surface area (Å²) >= 11 is -2.15. The molecule has 1 unspecified atom stereocenters. The van der Waals surface area contributed by atoms with Crippen LogP contribution in [-0.4, -0.2) is 19.1 Å². The molecule has 2 rings (SSSR count). The third-order valence-electron chi connectivity index (χ3n) is 1.90. The highest BCUT2D eigenvalue weighted by atomic mass is 32.2. The Morgan fingerprint density at radius 2 is 2.00 bits per heavy atom. The molecule has 78 valence electrons. The molecule has 1 aromatic carbocycles. The van der Waals surface area contributed by atoms with Gasteiger partial charge in [-0.3, -0.25) is 0 Å². The molecule has 0 saturated carbocycles. The van der Waals surface area contributed by atoms with Gasteiger partial charge in [0.15, 0.2) is 0 Å². The van der Waals surface area contributed by atoms with Gasteiger partial charge < -0.3 is 4.55 Å². The first-order valence-corrected chi connectivity index (χ1v) is 5.34. The Balaban J connectivity index is 2.25. The lowest BCUT2D eigenvalue weighted by atomic mass is 10.1. The van der Waals surface area contributed by atoms with Gasteiger partial charge >= 0.3 is 0 Å². The molecule has 1 heterocycles. The fraction of sp³-hybridized carbons (Fsp3) is 0.111. The van der Waals surface area contributed by atoms with Crippen molar-refractivity contribution in [1.82, 2.24) is 10.3 Å². The Morgan fingerprint density at radius 3 is 2.67 bits per heavy atom. The molecule has 5 nitrogen and oxygen atoms in total. The van der Waals surface area contributed by atoms with Crippen molar-refractivity contribution >= 4 is 11.1 Å². The zero-order chi connectivity index (χ0) is 10.7. The molecule has 1 N–H and O–H groups in total. The zero-order valence-corrected chi connectivity index (χ0v) is 8.48. The highest BCUT2D eigenvalue weighted by Crippen LogP contribution is 2.12. The van der Waals surface area contributed by atoms with Crippen molar-refractivity contribution in [1.29, 1.82) is 0 Å². The SMILES string of the molecule is O=S(O)c1nonc1Cc1ccccc1. The van der Waals surface area contributed by atoms with E-state index in [2.05, 4.69) is 14.9 Å². The van der Waals surface area contributed by atoms with Crippen LogP contribution in [0.4, 0.5) is 0 Å². The predicted octanol–water partition coefficient (Wildman–Crippen LogP) is 1.24. The first kappa shape index (κ1) is 10.0. The molecule has 0 aliphatic carbocycles. The van der Waals surface area contributed by atoms with E-state index in [0.717, 1.165) is 5.56 Å². The zero-order valence-electron chi connectivity index (χ0n) is 7.66. The van der Waals surface area contributed by atoms with Crippen molar-refractivity contribution in [3.8, 4) is 0 Å². The van der Waals surface area contributed by atoms with E-state index in [1.165, 1.54) is 0 Å². The van der Waals surface area contributed by atoms with E-state index >= 15 is 0 Å². The highest BCUT2D eigenvalue weighted by Gasteiger charge is 2.15. The van der Waals surface area contributed by atoms with Gasteiger partial charge in [-0.2, -0.15) is 0 Å². The summed E-state index contributed by atoms with van der Waals surface area (Å²) in [5.41, 5.74) is 1.38. The van der Waals surface area contributed by atoms with Crippen LogP contribution in [0.25, 0.3) is 0 Å². The number of benzene rings is 1. The number of hydrogen-bond donors (Lipinski definition) is 1. The summed E-state index contributed by atoms with van der Waals surface area (Å²) in [5.74, 6) is 0. The monoisotopic (exact) mass is 224 g/mol. The minimum Gasteiger partial charge on any atom is -0.301 e.